The summed E-state index contributed by atoms with van der Waals surface area (Å²) >= 11 is 3.33. The Labute approximate surface area is 98.5 Å². The van der Waals surface area contributed by atoms with Crippen LogP contribution < -0.4 is 5.32 Å². The maximum absolute atomic E-state index is 11.6. The molecule has 2 nitrogen and oxygen atoms in total. The molecule has 1 amide bonds. The Kier molecular flexibility index (Phi) is 5.12. The quantitative estimate of drug-likeness (QED) is 0.659. The van der Waals surface area contributed by atoms with Gasteiger partial charge in [0, 0.05) is 16.6 Å². The summed E-state index contributed by atoms with van der Waals surface area (Å²) < 4.78 is 0.920. The Morgan fingerprint density at radius 3 is 3.00 bits per heavy atom. The third-order valence-electron chi connectivity index (χ3n) is 1.92. The van der Waals surface area contributed by atoms with E-state index in [0.29, 0.717) is 12.1 Å². The summed E-state index contributed by atoms with van der Waals surface area (Å²) in [6.45, 7) is 2.64. The zero-order valence-electron chi connectivity index (χ0n) is 8.66. The molecule has 0 spiro atoms. The molecule has 1 aromatic carbocycles. The topological polar surface area (TPSA) is 29.1 Å². The summed E-state index contributed by atoms with van der Waals surface area (Å²) in [6, 6.07) is 7.36. The molecule has 0 unspecified atom stereocenters. The minimum Gasteiger partial charge on any atom is -0.352 e. The number of carbonyl (C=O) groups is 1. The summed E-state index contributed by atoms with van der Waals surface area (Å²) in [6.07, 6.45) is 4.88. The van der Waals surface area contributed by atoms with Crippen LogP contribution >= 0.6 is 15.9 Å². The highest BCUT2D eigenvalue weighted by molar-refractivity contribution is 9.10. The van der Waals surface area contributed by atoms with Crippen molar-refractivity contribution in [3.05, 3.63) is 46.5 Å². The van der Waals surface area contributed by atoms with Crippen molar-refractivity contribution in [3.63, 3.8) is 0 Å². The lowest BCUT2D eigenvalue weighted by molar-refractivity contribution is 0.0954. The van der Waals surface area contributed by atoms with Crippen molar-refractivity contribution in [2.24, 2.45) is 0 Å². The molecule has 0 aliphatic carbocycles. The van der Waals surface area contributed by atoms with E-state index >= 15 is 0 Å². The van der Waals surface area contributed by atoms with Gasteiger partial charge in [-0.2, -0.15) is 0 Å². The van der Waals surface area contributed by atoms with Gasteiger partial charge in [-0.15, -0.1) is 0 Å². The smallest absolute Gasteiger partial charge is 0.251 e. The average Bonchev–Trinajstić information content (AvgIpc) is 2.24. The first kappa shape index (κ1) is 12.0. The second kappa shape index (κ2) is 6.40. The maximum Gasteiger partial charge on any atom is 0.251 e. The number of benzene rings is 1. The molecule has 1 aromatic rings. The first-order valence-corrected chi connectivity index (χ1v) is 5.68. The third-order valence-corrected chi connectivity index (χ3v) is 2.41. The second-order valence-electron chi connectivity index (χ2n) is 3.12. The normalized spacial score (nSPS) is 10.5. The monoisotopic (exact) mass is 267 g/mol. The molecule has 0 fully saturated rings. The lowest BCUT2D eigenvalue weighted by Crippen LogP contribution is -2.23. The van der Waals surface area contributed by atoms with Crippen LogP contribution in [0.4, 0.5) is 0 Å². The molecule has 0 aliphatic rings. The van der Waals surface area contributed by atoms with Crippen LogP contribution in [0.2, 0.25) is 0 Å². The van der Waals surface area contributed by atoms with Crippen molar-refractivity contribution in [2.75, 3.05) is 6.54 Å². The van der Waals surface area contributed by atoms with E-state index in [9.17, 15) is 4.79 Å². The highest BCUT2D eigenvalue weighted by Gasteiger charge is 2.03. The molecule has 0 saturated heterocycles. The number of nitrogens with one attached hydrogen (secondary N) is 1. The van der Waals surface area contributed by atoms with E-state index < -0.39 is 0 Å². The van der Waals surface area contributed by atoms with Crippen LogP contribution in [0, 0.1) is 0 Å². The van der Waals surface area contributed by atoms with Gasteiger partial charge in [-0.25, -0.2) is 0 Å². The fourth-order valence-corrected chi connectivity index (χ4v) is 1.57. The Hall–Kier alpha value is -1.09. The zero-order chi connectivity index (χ0) is 11.1. The molecule has 0 aliphatic heterocycles. The molecule has 0 aromatic heterocycles. The van der Waals surface area contributed by atoms with E-state index in [0.717, 1.165) is 10.9 Å². The van der Waals surface area contributed by atoms with Gasteiger partial charge in [0.05, 0.1) is 0 Å². The van der Waals surface area contributed by atoms with Gasteiger partial charge in [-0.05, 0) is 31.5 Å². The minimum atomic E-state index is -0.0270. The van der Waals surface area contributed by atoms with Crippen molar-refractivity contribution in [1.29, 1.82) is 0 Å². The van der Waals surface area contributed by atoms with Gasteiger partial charge < -0.3 is 5.32 Å². The maximum atomic E-state index is 11.6. The summed E-state index contributed by atoms with van der Waals surface area (Å²) in [4.78, 5) is 11.6. The van der Waals surface area contributed by atoms with Gasteiger partial charge in [0.1, 0.15) is 0 Å². The number of hydrogen-bond donors (Lipinski definition) is 1. The van der Waals surface area contributed by atoms with Gasteiger partial charge in [-0.1, -0.05) is 34.1 Å². The van der Waals surface area contributed by atoms with Gasteiger partial charge in [-0.3, -0.25) is 4.79 Å². The largest absolute Gasteiger partial charge is 0.352 e. The fourth-order valence-electron chi connectivity index (χ4n) is 1.17. The number of halogens is 1. The minimum absolute atomic E-state index is 0.0270. The van der Waals surface area contributed by atoms with Gasteiger partial charge in [0.25, 0.3) is 5.91 Å². The number of rotatable bonds is 4. The molecule has 0 bridgehead atoms. The molecule has 0 saturated carbocycles. The first-order chi connectivity index (χ1) is 7.24. The summed E-state index contributed by atoms with van der Waals surface area (Å²) in [5.41, 5.74) is 0.685. The van der Waals surface area contributed by atoms with Crippen LogP contribution in [0.5, 0.6) is 0 Å². The molecular formula is C12H14BrNO. The standard InChI is InChI=1S/C12H14BrNO/c1-2-3-4-8-14-12(15)10-6-5-7-11(13)9-10/h2-3,5-7,9H,4,8H2,1H3,(H,14,15)/b3-2+. The summed E-state index contributed by atoms with van der Waals surface area (Å²) in [5, 5.41) is 2.85. The van der Waals surface area contributed by atoms with E-state index in [1.54, 1.807) is 6.07 Å². The molecular weight excluding hydrogens is 254 g/mol. The molecule has 3 heteroatoms. The van der Waals surface area contributed by atoms with Crippen LogP contribution in [-0.4, -0.2) is 12.5 Å². The summed E-state index contributed by atoms with van der Waals surface area (Å²) in [5.74, 6) is -0.0270. The number of carbonyl (C=O) groups excluding carboxylic acids is 1. The molecule has 15 heavy (non-hydrogen) atoms. The van der Waals surface area contributed by atoms with Crippen LogP contribution in [-0.2, 0) is 0 Å². The Morgan fingerprint density at radius 1 is 1.53 bits per heavy atom. The van der Waals surface area contributed by atoms with E-state index in [1.165, 1.54) is 0 Å². The first-order valence-electron chi connectivity index (χ1n) is 4.89. The van der Waals surface area contributed by atoms with Crippen LogP contribution in [0.1, 0.15) is 23.7 Å². The van der Waals surface area contributed by atoms with Crippen LogP contribution in [0.15, 0.2) is 40.9 Å². The lowest BCUT2D eigenvalue weighted by atomic mass is 10.2. The van der Waals surface area contributed by atoms with Crippen molar-refractivity contribution < 1.29 is 4.79 Å². The molecule has 0 atom stereocenters. The Bertz CT molecular complexity index is 360. The molecule has 0 heterocycles. The average molecular weight is 268 g/mol. The van der Waals surface area contributed by atoms with E-state index in [4.69, 9.17) is 0 Å². The Morgan fingerprint density at radius 2 is 2.33 bits per heavy atom. The molecule has 0 radical (unpaired) electrons. The number of amides is 1. The fraction of sp³-hybridized carbons (Fsp3) is 0.250. The van der Waals surface area contributed by atoms with Crippen molar-refractivity contribution in [1.82, 2.24) is 5.32 Å². The lowest BCUT2D eigenvalue weighted by Gasteiger charge is -2.03. The Balaban J connectivity index is 2.47. The van der Waals surface area contributed by atoms with Crippen molar-refractivity contribution in [2.45, 2.75) is 13.3 Å². The molecule has 1 rings (SSSR count). The van der Waals surface area contributed by atoms with E-state index in [2.05, 4.69) is 21.2 Å². The van der Waals surface area contributed by atoms with Crippen LogP contribution in [0.25, 0.3) is 0 Å². The third kappa shape index (κ3) is 4.30. The highest BCUT2D eigenvalue weighted by Crippen LogP contribution is 2.11. The number of allylic oxidation sites excluding steroid dienone is 1. The van der Waals surface area contributed by atoms with Gasteiger partial charge in [0.2, 0.25) is 0 Å². The van der Waals surface area contributed by atoms with Gasteiger partial charge in [0.15, 0.2) is 0 Å². The predicted molar refractivity (Wildman–Crippen MR) is 65.9 cm³/mol. The molecule has 1 N–H and O–H groups in total. The summed E-state index contributed by atoms with van der Waals surface area (Å²) in [7, 11) is 0. The van der Waals surface area contributed by atoms with Crippen LogP contribution in [0.3, 0.4) is 0 Å². The zero-order valence-corrected chi connectivity index (χ0v) is 10.3. The van der Waals surface area contributed by atoms with Crippen molar-refractivity contribution >= 4 is 21.8 Å². The predicted octanol–water partition coefficient (Wildman–Crippen LogP) is 3.15. The molecule has 80 valence electrons. The van der Waals surface area contributed by atoms with Gasteiger partial charge >= 0.3 is 0 Å². The van der Waals surface area contributed by atoms with Crippen molar-refractivity contribution in [3.8, 4) is 0 Å². The highest BCUT2D eigenvalue weighted by atomic mass is 79.9. The van der Waals surface area contributed by atoms with E-state index in [-0.39, 0.29) is 5.91 Å². The second-order valence-corrected chi connectivity index (χ2v) is 4.04. The van der Waals surface area contributed by atoms with E-state index in [1.807, 2.05) is 37.3 Å². The number of hydrogen-bond acceptors (Lipinski definition) is 1. The SMILES string of the molecule is C/C=C/CCNC(=O)c1cccc(Br)c1.